The van der Waals surface area contributed by atoms with E-state index in [0.29, 0.717) is 16.5 Å². The second-order valence-corrected chi connectivity index (χ2v) is 5.15. The van der Waals surface area contributed by atoms with Crippen molar-refractivity contribution >= 4 is 29.1 Å². The molecule has 1 aromatic carbocycles. The molecule has 7 heteroatoms. The van der Waals surface area contributed by atoms with Gasteiger partial charge in [-0.3, -0.25) is 4.79 Å². The molecule has 19 heavy (non-hydrogen) atoms. The van der Waals surface area contributed by atoms with Gasteiger partial charge in [-0.1, -0.05) is 11.8 Å². The van der Waals surface area contributed by atoms with Crippen LogP contribution in [0.15, 0.2) is 28.4 Å². The highest BCUT2D eigenvalue weighted by atomic mass is 32.2. The number of phenolic OH excluding ortho intramolecular Hbond substituents is 1. The summed E-state index contributed by atoms with van der Waals surface area (Å²) in [6, 6.07) is 4.80. The van der Waals surface area contributed by atoms with Crippen LogP contribution in [0.5, 0.6) is 11.5 Å². The van der Waals surface area contributed by atoms with Crippen molar-refractivity contribution in [3.8, 4) is 11.5 Å². The van der Waals surface area contributed by atoms with Crippen LogP contribution in [0.3, 0.4) is 0 Å². The number of thioether (sulfide) groups is 1. The maximum atomic E-state index is 11.2. The zero-order valence-electron chi connectivity index (χ0n) is 10.5. The summed E-state index contributed by atoms with van der Waals surface area (Å²) in [5.41, 5.74) is 0.492. The Labute approximate surface area is 114 Å². The molecule has 1 aliphatic heterocycles. The molecule has 1 saturated heterocycles. The maximum Gasteiger partial charge on any atom is 0.239 e. The highest BCUT2D eigenvalue weighted by Gasteiger charge is 2.25. The van der Waals surface area contributed by atoms with Gasteiger partial charge in [0.05, 0.1) is 18.6 Å². The zero-order valence-corrected chi connectivity index (χ0v) is 11.3. The van der Waals surface area contributed by atoms with E-state index in [4.69, 9.17) is 4.74 Å². The molecule has 1 aromatic rings. The summed E-state index contributed by atoms with van der Waals surface area (Å²) >= 11 is 1.31. The lowest BCUT2D eigenvalue weighted by atomic mass is 10.2. The number of nitrogens with zero attached hydrogens (tertiary/aromatic N) is 2. The van der Waals surface area contributed by atoms with E-state index in [1.807, 2.05) is 0 Å². The van der Waals surface area contributed by atoms with Gasteiger partial charge in [-0.25, -0.2) is 0 Å². The van der Waals surface area contributed by atoms with Gasteiger partial charge in [-0.05, 0) is 25.1 Å². The number of rotatable bonds is 3. The summed E-state index contributed by atoms with van der Waals surface area (Å²) in [6.07, 6.45) is 1.40. The molecule has 1 fully saturated rings. The molecule has 100 valence electrons. The van der Waals surface area contributed by atoms with E-state index in [0.717, 1.165) is 0 Å². The number of nitrogens with one attached hydrogen (secondary N) is 1. The molecule has 0 saturated carbocycles. The standard InChI is InChI=1S/C12H13N3O3S/c1-7-11(17)14-12(19-7)15-13-6-8-5-9(18-2)3-4-10(8)16/h3-7,16H,1-2H3,(H,14,15,17)/b13-6+/t7-/m1/s1. The van der Waals surface area contributed by atoms with Gasteiger partial charge in [0, 0.05) is 5.56 Å². The summed E-state index contributed by atoms with van der Waals surface area (Å²) in [4.78, 5) is 11.2. The number of ether oxygens (including phenoxy) is 1. The van der Waals surface area contributed by atoms with E-state index in [1.54, 1.807) is 26.2 Å². The third-order valence-electron chi connectivity index (χ3n) is 2.47. The number of hydrogen-bond acceptors (Lipinski definition) is 6. The monoisotopic (exact) mass is 279 g/mol. The summed E-state index contributed by atoms with van der Waals surface area (Å²) < 4.78 is 5.05. The largest absolute Gasteiger partial charge is 0.507 e. The number of benzene rings is 1. The number of amides is 1. The first-order valence-corrected chi connectivity index (χ1v) is 6.43. The molecule has 2 N–H and O–H groups in total. The Morgan fingerprint density at radius 3 is 2.95 bits per heavy atom. The quantitative estimate of drug-likeness (QED) is 0.646. The lowest BCUT2D eigenvalue weighted by molar-refractivity contribution is -0.118. The molecular formula is C12H13N3O3S. The first-order chi connectivity index (χ1) is 9.10. The Balaban J connectivity index is 2.11. The minimum Gasteiger partial charge on any atom is -0.507 e. The summed E-state index contributed by atoms with van der Waals surface area (Å²) in [5, 5.41) is 20.3. The fraction of sp³-hybridized carbons (Fsp3) is 0.250. The highest BCUT2D eigenvalue weighted by Crippen LogP contribution is 2.21. The van der Waals surface area contributed by atoms with E-state index < -0.39 is 0 Å². The molecule has 1 amide bonds. The number of methoxy groups -OCH3 is 1. The minimum absolute atomic E-state index is 0.0804. The van der Waals surface area contributed by atoms with Gasteiger partial charge in [0.1, 0.15) is 11.5 Å². The number of carbonyl (C=O) groups excluding carboxylic acids is 1. The molecule has 6 nitrogen and oxygen atoms in total. The van der Waals surface area contributed by atoms with Gasteiger partial charge in [0.15, 0.2) is 5.17 Å². The van der Waals surface area contributed by atoms with Crippen molar-refractivity contribution in [1.29, 1.82) is 0 Å². The van der Waals surface area contributed by atoms with Crippen molar-refractivity contribution in [2.45, 2.75) is 12.2 Å². The molecular weight excluding hydrogens is 266 g/mol. The topological polar surface area (TPSA) is 83.3 Å². The van der Waals surface area contributed by atoms with Gasteiger partial charge in [-0.15, -0.1) is 5.10 Å². The Kier molecular flexibility index (Phi) is 4.06. The van der Waals surface area contributed by atoms with Crippen molar-refractivity contribution in [1.82, 2.24) is 5.32 Å². The summed E-state index contributed by atoms with van der Waals surface area (Å²) in [6.45, 7) is 1.79. The van der Waals surface area contributed by atoms with E-state index in [-0.39, 0.29) is 16.9 Å². The number of carbonyl (C=O) groups is 1. The van der Waals surface area contributed by atoms with Crippen molar-refractivity contribution in [2.75, 3.05) is 7.11 Å². The van der Waals surface area contributed by atoms with Crippen LogP contribution < -0.4 is 10.1 Å². The zero-order chi connectivity index (χ0) is 13.8. The fourth-order valence-electron chi connectivity index (χ4n) is 1.41. The number of hydrogen-bond donors (Lipinski definition) is 2. The lowest BCUT2D eigenvalue weighted by Gasteiger charge is -2.02. The van der Waals surface area contributed by atoms with Crippen LogP contribution in [-0.2, 0) is 4.79 Å². The van der Waals surface area contributed by atoms with Crippen LogP contribution in [0.25, 0.3) is 0 Å². The van der Waals surface area contributed by atoms with Gasteiger partial charge in [0.2, 0.25) is 5.91 Å². The fourth-order valence-corrected chi connectivity index (χ4v) is 2.17. The van der Waals surface area contributed by atoms with Crippen LogP contribution in [0.2, 0.25) is 0 Å². The van der Waals surface area contributed by atoms with Gasteiger partial charge >= 0.3 is 0 Å². The minimum atomic E-state index is -0.154. The Morgan fingerprint density at radius 1 is 1.53 bits per heavy atom. The Hall–Kier alpha value is -2.02. The van der Waals surface area contributed by atoms with E-state index in [1.165, 1.54) is 24.0 Å². The highest BCUT2D eigenvalue weighted by molar-refractivity contribution is 8.15. The molecule has 0 spiro atoms. The van der Waals surface area contributed by atoms with Gasteiger partial charge in [-0.2, -0.15) is 5.10 Å². The molecule has 0 bridgehead atoms. The maximum absolute atomic E-state index is 11.2. The molecule has 2 rings (SSSR count). The lowest BCUT2D eigenvalue weighted by Crippen LogP contribution is -2.23. The summed E-state index contributed by atoms with van der Waals surface area (Å²) in [5.74, 6) is 0.619. The molecule has 0 radical (unpaired) electrons. The predicted octanol–water partition coefficient (Wildman–Crippen LogP) is 1.34. The molecule has 0 aliphatic carbocycles. The molecule has 1 aliphatic rings. The number of amidine groups is 1. The average Bonchev–Trinajstić information content (AvgIpc) is 2.71. The molecule has 1 atom stereocenters. The van der Waals surface area contributed by atoms with E-state index in [9.17, 15) is 9.90 Å². The normalized spacial score (nSPS) is 21.1. The van der Waals surface area contributed by atoms with Crippen molar-refractivity contribution in [3.05, 3.63) is 23.8 Å². The molecule has 1 heterocycles. The average molecular weight is 279 g/mol. The van der Waals surface area contributed by atoms with Crippen LogP contribution in [0.1, 0.15) is 12.5 Å². The Morgan fingerprint density at radius 2 is 2.32 bits per heavy atom. The van der Waals surface area contributed by atoms with Crippen LogP contribution in [-0.4, -0.2) is 34.8 Å². The number of phenols is 1. The number of aromatic hydroxyl groups is 1. The molecule has 0 unspecified atom stereocenters. The second-order valence-electron chi connectivity index (χ2n) is 3.82. The van der Waals surface area contributed by atoms with E-state index >= 15 is 0 Å². The van der Waals surface area contributed by atoms with Crippen LogP contribution in [0.4, 0.5) is 0 Å². The Bertz CT molecular complexity index is 557. The van der Waals surface area contributed by atoms with Gasteiger partial charge < -0.3 is 15.2 Å². The van der Waals surface area contributed by atoms with Crippen LogP contribution >= 0.6 is 11.8 Å². The SMILES string of the molecule is COc1ccc(O)c(/C=N/N=C2/NC(=O)[C@@H](C)S2)c1. The first-order valence-electron chi connectivity index (χ1n) is 5.55. The van der Waals surface area contributed by atoms with E-state index in [2.05, 4.69) is 15.5 Å². The first kappa shape index (κ1) is 13.4. The molecule has 0 aromatic heterocycles. The van der Waals surface area contributed by atoms with Crippen molar-refractivity contribution < 1.29 is 14.6 Å². The van der Waals surface area contributed by atoms with Crippen molar-refractivity contribution in [3.63, 3.8) is 0 Å². The van der Waals surface area contributed by atoms with Crippen LogP contribution in [0, 0.1) is 0 Å². The smallest absolute Gasteiger partial charge is 0.239 e. The second kappa shape index (κ2) is 5.75. The van der Waals surface area contributed by atoms with Gasteiger partial charge in [0.25, 0.3) is 0 Å². The third kappa shape index (κ3) is 3.25. The summed E-state index contributed by atoms with van der Waals surface area (Å²) in [7, 11) is 1.54. The third-order valence-corrected chi connectivity index (χ3v) is 3.44. The van der Waals surface area contributed by atoms with Crippen molar-refractivity contribution in [2.24, 2.45) is 10.2 Å². The predicted molar refractivity (Wildman–Crippen MR) is 74.9 cm³/mol.